The van der Waals surface area contributed by atoms with Crippen LogP contribution in [0.25, 0.3) is 10.8 Å². The minimum Gasteiger partial charge on any atom is -0.507 e. The second kappa shape index (κ2) is 6.71. The van der Waals surface area contributed by atoms with E-state index in [1.54, 1.807) is 13.0 Å². The largest absolute Gasteiger partial charge is 0.507 e. The minimum absolute atomic E-state index is 0.0492. The molecule has 2 aromatic carbocycles. The number of carboxylic acids is 1. The summed E-state index contributed by atoms with van der Waals surface area (Å²) >= 11 is 0. The molecule has 6 heteroatoms. The normalized spacial score (nSPS) is 11.4. The van der Waals surface area contributed by atoms with E-state index >= 15 is 0 Å². The molecule has 0 aromatic heterocycles. The monoisotopic (exact) mass is 300 g/mol. The van der Waals surface area contributed by atoms with Gasteiger partial charge in [-0.2, -0.15) is 5.10 Å². The van der Waals surface area contributed by atoms with Gasteiger partial charge < -0.3 is 10.2 Å². The maximum absolute atomic E-state index is 12.1. The SMILES string of the molecule is CC(CCC(=O)O)=NNC(=O)c1cc2ccccc2cc1O. The van der Waals surface area contributed by atoms with Crippen molar-refractivity contribution in [2.45, 2.75) is 19.8 Å². The molecule has 22 heavy (non-hydrogen) atoms. The molecule has 0 bridgehead atoms. The van der Waals surface area contributed by atoms with Crippen LogP contribution in [0, 0.1) is 0 Å². The molecule has 0 heterocycles. The lowest BCUT2D eigenvalue weighted by Crippen LogP contribution is -2.19. The van der Waals surface area contributed by atoms with Crippen molar-refractivity contribution in [3.8, 4) is 5.75 Å². The number of phenols is 1. The first kappa shape index (κ1) is 15.5. The van der Waals surface area contributed by atoms with Crippen LogP contribution in [0.15, 0.2) is 41.5 Å². The molecule has 114 valence electrons. The molecule has 0 aliphatic heterocycles. The number of fused-ring (bicyclic) bond motifs is 1. The third-order valence-electron chi connectivity index (χ3n) is 3.16. The number of hydrazone groups is 1. The Balaban J connectivity index is 2.14. The summed E-state index contributed by atoms with van der Waals surface area (Å²) in [6, 6.07) is 10.5. The number of phenolic OH excluding ortho intramolecular Hbond substituents is 1. The van der Waals surface area contributed by atoms with Gasteiger partial charge in [-0.3, -0.25) is 9.59 Å². The molecule has 0 aliphatic carbocycles. The smallest absolute Gasteiger partial charge is 0.303 e. The number of rotatable bonds is 5. The molecule has 1 amide bonds. The van der Waals surface area contributed by atoms with Crippen molar-refractivity contribution in [1.82, 2.24) is 5.43 Å². The van der Waals surface area contributed by atoms with Crippen molar-refractivity contribution < 1.29 is 19.8 Å². The summed E-state index contributed by atoms with van der Waals surface area (Å²) < 4.78 is 0. The highest BCUT2D eigenvalue weighted by Crippen LogP contribution is 2.24. The van der Waals surface area contributed by atoms with Crippen LogP contribution in [0.3, 0.4) is 0 Å². The van der Waals surface area contributed by atoms with Gasteiger partial charge in [0.2, 0.25) is 0 Å². The topological polar surface area (TPSA) is 99.0 Å². The number of benzene rings is 2. The number of carbonyl (C=O) groups excluding carboxylic acids is 1. The van der Waals surface area contributed by atoms with Gasteiger partial charge in [0.1, 0.15) is 5.75 Å². The Bertz CT molecular complexity index is 753. The molecule has 0 fully saturated rings. The van der Waals surface area contributed by atoms with Crippen LogP contribution in [0.2, 0.25) is 0 Å². The van der Waals surface area contributed by atoms with Crippen LogP contribution in [0.4, 0.5) is 0 Å². The highest BCUT2D eigenvalue weighted by atomic mass is 16.4. The first-order valence-corrected chi connectivity index (χ1v) is 6.74. The maximum Gasteiger partial charge on any atom is 0.303 e. The van der Waals surface area contributed by atoms with E-state index in [4.69, 9.17) is 5.11 Å². The second-order valence-corrected chi connectivity index (χ2v) is 4.90. The van der Waals surface area contributed by atoms with Gasteiger partial charge in [-0.05, 0) is 36.2 Å². The lowest BCUT2D eigenvalue weighted by atomic mass is 10.1. The van der Waals surface area contributed by atoms with E-state index in [0.29, 0.717) is 5.71 Å². The standard InChI is InChI=1S/C16H16N2O4/c1-10(6-7-15(20)21)17-18-16(22)13-8-11-4-2-3-5-12(11)9-14(13)19/h2-5,8-9,19H,6-7H2,1H3,(H,18,22)(H,20,21). The summed E-state index contributed by atoms with van der Waals surface area (Å²) in [7, 11) is 0. The minimum atomic E-state index is -0.923. The summed E-state index contributed by atoms with van der Waals surface area (Å²) in [4.78, 5) is 22.5. The first-order chi connectivity index (χ1) is 10.5. The van der Waals surface area contributed by atoms with E-state index in [-0.39, 0.29) is 24.2 Å². The van der Waals surface area contributed by atoms with Gasteiger partial charge in [0.05, 0.1) is 12.0 Å². The zero-order valence-electron chi connectivity index (χ0n) is 12.0. The highest BCUT2D eigenvalue weighted by Gasteiger charge is 2.12. The fourth-order valence-corrected chi connectivity index (χ4v) is 1.96. The second-order valence-electron chi connectivity index (χ2n) is 4.90. The van der Waals surface area contributed by atoms with Gasteiger partial charge in [-0.25, -0.2) is 5.43 Å². The molecule has 0 saturated heterocycles. The molecular formula is C16H16N2O4. The van der Waals surface area contributed by atoms with E-state index in [0.717, 1.165) is 10.8 Å². The predicted molar refractivity (Wildman–Crippen MR) is 83.1 cm³/mol. The van der Waals surface area contributed by atoms with Gasteiger partial charge in [-0.1, -0.05) is 24.3 Å². The number of carboxylic acid groups (broad SMARTS) is 1. The number of aromatic hydroxyl groups is 1. The molecule has 0 unspecified atom stereocenters. The molecule has 6 nitrogen and oxygen atoms in total. The van der Waals surface area contributed by atoms with Gasteiger partial charge >= 0.3 is 5.97 Å². The molecule has 2 aromatic rings. The number of hydrogen-bond donors (Lipinski definition) is 3. The summed E-state index contributed by atoms with van der Waals surface area (Å²) in [5, 5.41) is 24.0. The van der Waals surface area contributed by atoms with Crippen molar-refractivity contribution in [2.24, 2.45) is 5.10 Å². The van der Waals surface area contributed by atoms with E-state index in [2.05, 4.69) is 10.5 Å². The molecule has 0 aliphatic rings. The predicted octanol–water partition coefficient (Wildman–Crippen LogP) is 2.52. The van der Waals surface area contributed by atoms with Gasteiger partial charge in [-0.15, -0.1) is 0 Å². The van der Waals surface area contributed by atoms with Gasteiger partial charge in [0.15, 0.2) is 0 Å². The van der Waals surface area contributed by atoms with E-state index in [9.17, 15) is 14.7 Å². The Labute approximate surface area is 127 Å². The Morgan fingerprint density at radius 3 is 2.41 bits per heavy atom. The lowest BCUT2D eigenvalue weighted by molar-refractivity contribution is -0.136. The lowest BCUT2D eigenvalue weighted by Gasteiger charge is -2.06. The summed E-state index contributed by atoms with van der Waals surface area (Å²) in [5.74, 6) is -1.60. The quantitative estimate of drug-likeness (QED) is 0.583. The fourth-order valence-electron chi connectivity index (χ4n) is 1.96. The third kappa shape index (κ3) is 3.82. The van der Waals surface area contributed by atoms with Crippen LogP contribution >= 0.6 is 0 Å². The van der Waals surface area contributed by atoms with Crippen molar-refractivity contribution in [3.05, 3.63) is 42.0 Å². The van der Waals surface area contributed by atoms with E-state index < -0.39 is 11.9 Å². The maximum atomic E-state index is 12.1. The zero-order valence-corrected chi connectivity index (χ0v) is 12.0. The zero-order chi connectivity index (χ0) is 16.1. The average Bonchev–Trinajstić information content (AvgIpc) is 2.49. The summed E-state index contributed by atoms with van der Waals surface area (Å²) in [5.41, 5.74) is 2.94. The van der Waals surface area contributed by atoms with E-state index in [1.165, 1.54) is 6.07 Å². The van der Waals surface area contributed by atoms with Crippen molar-refractivity contribution in [3.63, 3.8) is 0 Å². The molecule has 0 spiro atoms. The first-order valence-electron chi connectivity index (χ1n) is 6.74. The molecular weight excluding hydrogens is 284 g/mol. The number of aliphatic carboxylic acids is 1. The van der Waals surface area contributed by atoms with E-state index in [1.807, 2.05) is 24.3 Å². The Morgan fingerprint density at radius 1 is 1.14 bits per heavy atom. The highest BCUT2D eigenvalue weighted by molar-refractivity contribution is 6.02. The Hall–Kier alpha value is -2.89. The molecule has 3 N–H and O–H groups in total. The Morgan fingerprint density at radius 2 is 1.77 bits per heavy atom. The fraction of sp³-hybridized carbons (Fsp3) is 0.188. The summed E-state index contributed by atoms with van der Waals surface area (Å²) in [6.45, 7) is 1.63. The van der Waals surface area contributed by atoms with Crippen LogP contribution in [-0.2, 0) is 4.79 Å². The molecule has 0 radical (unpaired) electrons. The van der Waals surface area contributed by atoms with Gasteiger partial charge in [0, 0.05) is 5.71 Å². The third-order valence-corrected chi connectivity index (χ3v) is 3.16. The average molecular weight is 300 g/mol. The van der Waals surface area contributed by atoms with Crippen molar-refractivity contribution >= 4 is 28.4 Å². The molecule has 0 saturated carbocycles. The van der Waals surface area contributed by atoms with Gasteiger partial charge in [0.25, 0.3) is 5.91 Å². The van der Waals surface area contributed by atoms with Crippen LogP contribution in [0.5, 0.6) is 5.75 Å². The van der Waals surface area contributed by atoms with Crippen LogP contribution in [-0.4, -0.2) is 27.8 Å². The number of carbonyl (C=O) groups is 2. The van der Waals surface area contributed by atoms with Crippen molar-refractivity contribution in [1.29, 1.82) is 0 Å². The van der Waals surface area contributed by atoms with Crippen LogP contribution in [0.1, 0.15) is 30.1 Å². The van der Waals surface area contributed by atoms with Crippen molar-refractivity contribution in [2.75, 3.05) is 0 Å². The molecule has 2 rings (SSSR count). The number of nitrogens with zero attached hydrogens (tertiary/aromatic N) is 1. The summed E-state index contributed by atoms with van der Waals surface area (Å²) in [6.07, 6.45) is 0.200. The molecule has 0 atom stereocenters. The number of nitrogens with one attached hydrogen (secondary N) is 1. The Kier molecular flexibility index (Phi) is 4.73. The number of amides is 1. The number of hydrogen-bond acceptors (Lipinski definition) is 4. The van der Waals surface area contributed by atoms with Crippen LogP contribution < -0.4 is 5.43 Å².